The van der Waals surface area contributed by atoms with Gasteiger partial charge in [0, 0.05) is 0 Å². The Morgan fingerprint density at radius 3 is 2.69 bits per heavy atom. The summed E-state index contributed by atoms with van der Waals surface area (Å²) in [4.78, 5) is 33.9. The molecule has 2 amide bonds. The number of halogens is 2. The van der Waals surface area contributed by atoms with Crippen molar-refractivity contribution in [2.45, 2.75) is 6.92 Å². The first-order chi connectivity index (χ1) is 15.5. The minimum absolute atomic E-state index is 0.162. The number of anilines is 1. The van der Waals surface area contributed by atoms with Crippen molar-refractivity contribution in [3.63, 3.8) is 0 Å². The molecule has 1 aliphatic rings. The highest BCUT2D eigenvalue weighted by molar-refractivity contribution is 8.19. The summed E-state index contributed by atoms with van der Waals surface area (Å²) in [6, 6.07) is 13.5. The number of rotatable bonds is 6. The van der Waals surface area contributed by atoms with E-state index in [1.54, 1.807) is 61.5 Å². The Bertz CT molecular complexity index is 1220. The van der Waals surface area contributed by atoms with E-state index in [4.69, 9.17) is 21.1 Å². The van der Waals surface area contributed by atoms with Gasteiger partial charge in [-0.15, -0.1) is 0 Å². The van der Waals surface area contributed by atoms with Gasteiger partial charge in [-0.2, -0.15) is 9.37 Å². The van der Waals surface area contributed by atoms with Gasteiger partial charge in [0.25, 0.3) is 17.0 Å². The van der Waals surface area contributed by atoms with E-state index in [1.807, 2.05) is 0 Å². The van der Waals surface area contributed by atoms with Gasteiger partial charge < -0.3 is 9.47 Å². The number of benzene rings is 2. The number of hydrogen-bond donors (Lipinski definition) is 0. The monoisotopic (exact) mass is 471 g/mol. The van der Waals surface area contributed by atoms with Crippen LogP contribution in [-0.4, -0.2) is 27.7 Å². The van der Waals surface area contributed by atoms with Crippen LogP contribution in [0.2, 0.25) is 5.28 Å². The molecule has 0 saturated carbocycles. The molecule has 162 valence electrons. The van der Waals surface area contributed by atoms with Crippen LogP contribution in [0.1, 0.15) is 12.5 Å². The fourth-order valence-corrected chi connectivity index (χ4v) is 3.86. The highest BCUT2D eigenvalue weighted by atomic mass is 35.5. The summed E-state index contributed by atoms with van der Waals surface area (Å²) in [6.45, 7) is 2.10. The molecular formula is C22H15ClFN3O4S. The predicted octanol–water partition coefficient (Wildman–Crippen LogP) is 5.70. The Kier molecular flexibility index (Phi) is 6.38. The average molecular weight is 472 g/mol. The normalized spacial score (nSPS) is 14.8. The van der Waals surface area contributed by atoms with Gasteiger partial charge in [-0.25, -0.2) is 9.88 Å². The van der Waals surface area contributed by atoms with Crippen molar-refractivity contribution in [2.24, 2.45) is 0 Å². The zero-order valence-electron chi connectivity index (χ0n) is 16.6. The molecular weight excluding hydrogens is 457 g/mol. The molecule has 1 aliphatic heterocycles. The number of carbonyl (C=O) groups excluding carboxylic acids is 2. The van der Waals surface area contributed by atoms with E-state index >= 15 is 0 Å². The van der Waals surface area contributed by atoms with Crippen LogP contribution in [0.3, 0.4) is 0 Å². The lowest BCUT2D eigenvalue weighted by Gasteiger charge is -2.12. The quantitative estimate of drug-likeness (QED) is 0.337. The van der Waals surface area contributed by atoms with Crippen molar-refractivity contribution < 1.29 is 23.5 Å². The fraction of sp³-hybridized carbons (Fsp3) is 0.0909. The van der Waals surface area contributed by atoms with Crippen molar-refractivity contribution in [2.75, 3.05) is 11.5 Å². The Balaban J connectivity index is 1.63. The smallest absolute Gasteiger partial charge is 0.298 e. The third kappa shape index (κ3) is 4.58. The second kappa shape index (κ2) is 9.37. The van der Waals surface area contributed by atoms with Gasteiger partial charge in [0.15, 0.2) is 11.5 Å². The van der Waals surface area contributed by atoms with Gasteiger partial charge in [-0.1, -0.05) is 24.3 Å². The SMILES string of the molecule is CCOc1cc(/C=C2\SC(=O)N(c3ccccc3)C2=O)ccc1Oc1nc(Cl)ncc1F. The topological polar surface area (TPSA) is 81.6 Å². The fourth-order valence-electron chi connectivity index (χ4n) is 2.89. The Labute approximate surface area is 191 Å². The van der Waals surface area contributed by atoms with Gasteiger partial charge in [0.2, 0.25) is 11.1 Å². The number of hydrogen-bond acceptors (Lipinski definition) is 7. The average Bonchev–Trinajstić information content (AvgIpc) is 3.06. The van der Waals surface area contributed by atoms with Crippen molar-refractivity contribution in [1.82, 2.24) is 9.97 Å². The number of ether oxygens (including phenoxy) is 2. The van der Waals surface area contributed by atoms with E-state index in [-0.39, 0.29) is 27.1 Å². The van der Waals surface area contributed by atoms with E-state index in [2.05, 4.69) is 9.97 Å². The lowest BCUT2D eigenvalue weighted by Crippen LogP contribution is -2.27. The molecule has 4 rings (SSSR count). The molecule has 1 saturated heterocycles. The number of aromatic nitrogens is 2. The van der Waals surface area contributed by atoms with Crippen molar-refractivity contribution in [3.05, 3.63) is 76.3 Å². The van der Waals surface area contributed by atoms with Crippen molar-refractivity contribution in [3.8, 4) is 17.4 Å². The zero-order valence-corrected chi connectivity index (χ0v) is 18.2. The lowest BCUT2D eigenvalue weighted by atomic mass is 10.1. The molecule has 2 heterocycles. The van der Waals surface area contributed by atoms with E-state index in [9.17, 15) is 14.0 Å². The molecule has 0 atom stereocenters. The Morgan fingerprint density at radius 2 is 1.94 bits per heavy atom. The second-order valence-electron chi connectivity index (χ2n) is 6.39. The number of carbonyl (C=O) groups is 2. The van der Waals surface area contributed by atoms with Crippen LogP contribution in [0, 0.1) is 5.82 Å². The first-order valence-corrected chi connectivity index (χ1v) is 10.6. The highest BCUT2D eigenvalue weighted by Crippen LogP contribution is 2.38. The molecule has 0 N–H and O–H groups in total. The number of thioether (sulfide) groups is 1. The van der Waals surface area contributed by atoms with Gasteiger partial charge in [-0.05, 0) is 66.2 Å². The van der Waals surface area contributed by atoms with Crippen LogP contribution in [0.25, 0.3) is 6.08 Å². The molecule has 0 bridgehead atoms. The Morgan fingerprint density at radius 1 is 1.16 bits per heavy atom. The van der Waals surface area contributed by atoms with Gasteiger partial charge in [0.1, 0.15) is 0 Å². The van der Waals surface area contributed by atoms with Gasteiger partial charge in [-0.3, -0.25) is 9.59 Å². The number of nitrogens with zero attached hydrogens (tertiary/aromatic N) is 3. The van der Waals surface area contributed by atoms with Crippen LogP contribution < -0.4 is 14.4 Å². The van der Waals surface area contributed by atoms with E-state index in [0.29, 0.717) is 23.6 Å². The summed E-state index contributed by atoms with van der Waals surface area (Å²) in [6.07, 6.45) is 2.49. The second-order valence-corrected chi connectivity index (χ2v) is 7.72. The predicted molar refractivity (Wildman–Crippen MR) is 120 cm³/mol. The van der Waals surface area contributed by atoms with Gasteiger partial charge in [0.05, 0.1) is 23.4 Å². The summed E-state index contributed by atoms with van der Waals surface area (Å²) in [5, 5.41) is -0.543. The van der Waals surface area contributed by atoms with Crippen molar-refractivity contribution >= 4 is 46.3 Å². The minimum atomic E-state index is -0.782. The van der Waals surface area contributed by atoms with Crippen molar-refractivity contribution in [1.29, 1.82) is 0 Å². The lowest BCUT2D eigenvalue weighted by molar-refractivity contribution is -0.113. The third-order valence-electron chi connectivity index (χ3n) is 4.26. The molecule has 0 spiro atoms. The van der Waals surface area contributed by atoms with Crippen LogP contribution in [0.4, 0.5) is 14.9 Å². The summed E-state index contributed by atoms with van der Waals surface area (Å²) in [7, 11) is 0. The maximum atomic E-state index is 13.9. The van der Waals surface area contributed by atoms with E-state index < -0.39 is 11.7 Å². The summed E-state index contributed by atoms with van der Waals surface area (Å²) in [5.74, 6) is -1.03. The molecule has 10 heteroatoms. The number of para-hydroxylation sites is 1. The molecule has 32 heavy (non-hydrogen) atoms. The zero-order chi connectivity index (χ0) is 22.7. The molecule has 0 radical (unpaired) electrons. The maximum absolute atomic E-state index is 13.9. The van der Waals surface area contributed by atoms with Crippen LogP contribution in [0.5, 0.6) is 17.4 Å². The molecule has 2 aromatic carbocycles. The molecule has 1 aromatic heterocycles. The van der Waals surface area contributed by atoms with Crippen LogP contribution in [0.15, 0.2) is 59.6 Å². The summed E-state index contributed by atoms with van der Waals surface area (Å²) in [5.41, 5.74) is 1.10. The first-order valence-electron chi connectivity index (χ1n) is 9.42. The molecule has 1 fully saturated rings. The van der Waals surface area contributed by atoms with E-state index in [1.165, 1.54) is 0 Å². The first kappa shape index (κ1) is 21.8. The van der Waals surface area contributed by atoms with Gasteiger partial charge >= 0.3 is 0 Å². The van der Waals surface area contributed by atoms with Crippen LogP contribution >= 0.6 is 23.4 Å². The van der Waals surface area contributed by atoms with Crippen LogP contribution in [-0.2, 0) is 4.79 Å². The molecule has 7 nitrogen and oxygen atoms in total. The number of amides is 2. The molecule has 0 aliphatic carbocycles. The molecule has 0 unspecified atom stereocenters. The minimum Gasteiger partial charge on any atom is -0.490 e. The number of imide groups is 1. The third-order valence-corrected chi connectivity index (χ3v) is 5.31. The summed E-state index contributed by atoms with van der Waals surface area (Å²) >= 11 is 6.56. The molecule has 3 aromatic rings. The highest BCUT2D eigenvalue weighted by Gasteiger charge is 2.36. The Hall–Kier alpha value is -3.43. The standard InChI is InChI=1S/C22H15ClFN3O4S/c1-2-30-17-10-13(8-9-16(17)31-19-15(24)12-25-21(23)26-19)11-18-20(28)27(22(29)32-18)14-6-4-3-5-7-14/h3-12H,2H2,1H3/b18-11-. The van der Waals surface area contributed by atoms with E-state index in [0.717, 1.165) is 22.9 Å². The summed E-state index contributed by atoms with van der Waals surface area (Å²) < 4.78 is 25.1. The maximum Gasteiger partial charge on any atom is 0.298 e. The largest absolute Gasteiger partial charge is 0.490 e.